The fourth-order valence-electron chi connectivity index (χ4n) is 0.385. The SMILES string of the molecule is CC(C)C.CC(C)C.CC(C)C(F)F.CNC(=O)NCC(C)C. The second-order valence-corrected chi connectivity index (χ2v) is 7.40. The van der Waals surface area contributed by atoms with Crippen molar-refractivity contribution in [2.75, 3.05) is 13.6 Å². The van der Waals surface area contributed by atoms with Crippen LogP contribution in [0.2, 0.25) is 0 Å². The van der Waals surface area contributed by atoms with E-state index in [9.17, 15) is 13.6 Å². The van der Waals surface area contributed by atoms with E-state index in [4.69, 9.17) is 0 Å². The summed E-state index contributed by atoms with van der Waals surface area (Å²) < 4.78 is 22.3. The van der Waals surface area contributed by atoms with Crippen molar-refractivity contribution in [2.24, 2.45) is 23.7 Å². The summed E-state index contributed by atoms with van der Waals surface area (Å²) in [5, 5.41) is 5.15. The summed E-state index contributed by atoms with van der Waals surface area (Å²) in [6.07, 6.45) is -2.15. The van der Waals surface area contributed by atoms with Crippen LogP contribution in [0.3, 0.4) is 0 Å². The molecule has 2 N–H and O–H groups in total. The minimum absolute atomic E-state index is 0.108. The molecule has 0 aliphatic carbocycles. The van der Waals surface area contributed by atoms with Gasteiger partial charge in [-0.15, -0.1) is 0 Å². The first-order chi connectivity index (χ1) is 10.3. The molecule has 0 spiro atoms. The van der Waals surface area contributed by atoms with Crippen LogP contribution in [0.1, 0.15) is 69.2 Å². The minimum Gasteiger partial charge on any atom is -0.341 e. The number of nitrogens with one attached hydrogen (secondary N) is 2. The van der Waals surface area contributed by atoms with Crippen LogP contribution in [0, 0.1) is 23.7 Å². The van der Waals surface area contributed by atoms with Gasteiger partial charge in [-0.1, -0.05) is 69.2 Å². The maximum atomic E-state index is 11.2. The Bertz CT molecular complexity index is 214. The summed E-state index contributed by atoms with van der Waals surface area (Å²) >= 11 is 0. The number of hydrogen-bond donors (Lipinski definition) is 2. The third kappa shape index (κ3) is 75.4. The molecule has 144 valence electrons. The van der Waals surface area contributed by atoms with E-state index in [2.05, 4.69) is 66.0 Å². The van der Waals surface area contributed by atoms with Crippen LogP contribution in [-0.4, -0.2) is 26.0 Å². The first-order valence-electron chi connectivity index (χ1n) is 8.51. The maximum Gasteiger partial charge on any atom is 0.314 e. The predicted octanol–water partition coefficient (Wildman–Crippen LogP) is 5.80. The van der Waals surface area contributed by atoms with Gasteiger partial charge < -0.3 is 10.6 Å². The van der Waals surface area contributed by atoms with Crippen LogP contribution in [-0.2, 0) is 0 Å². The molecule has 0 aliphatic heterocycles. The van der Waals surface area contributed by atoms with Crippen LogP contribution in [0.15, 0.2) is 0 Å². The molecule has 0 aromatic heterocycles. The predicted molar refractivity (Wildman–Crippen MR) is 99.2 cm³/mol. The molecule has 0 bridgehead atoms. The van der Waals surface area contributed by atoms with E-state index in [0.717, 1.165) is 18.4 Å². The molecule has 0 unspecified atom stereocenters. The summed E-state index contributed by atoms with van der Waals surface area (Å²) in [5.41, 5.74) is 0. The van der Waals surface area contributed by atoms with Gasteiger partial charge in [-0.2, -0.15) is 0 Å². The molecule has 0 aromatic rings. The van der Waals surface area contributed by atoms with Crippen molar-refractivity contribution in [3.63, 3.8) is 0 Å². The van der Waals surface area contributed by atoms with Crippen LogP contribution in [0.25, 0.3) is 0 Å². The Morgan fingerprint density at radius 2 is 1.09 bits per heavy atom. The smallest absolute Gasteiger partial charge is 0.314 e. The van der Waals surface area contributed by atoms with Gasteiger partial charge in [0.25, 0.3) is 0 Å². The van der Waals surface area contributed by atoms with Gasteiger partial charge in [-0.3, -0.25) is 0 Å². The molecule has 0 saturated carbocycles. The molecule has 5 heteroatoms. The summed E-state index contributed by atoms with van der Waals surface area (Å²) in [6, 6.07) is -0.108. The quantitative estimate of drug-likeness (QED) is 0.669. The molecule has 3 nitrogen and oxygen atoms in total. The van der Waals surface area contributed by atoms with E-state index in [-0.39, 0.29) is 6.03 Å². The van der Waals surface area contributed by atoms with Gasteiger partial charge in [0.05, 0.1) is 0 Å². The van der Waals surface area contributed by atoms with Gasteiger partial charge in [0.15, 0.2) is 0 Å². The highest BCUT2D eigenvalue weighted by Gasteiger charge is 2.05. The number of carbonyl (C=O) groups is 1. The molecule has 23 heavy (non-hydrogen) atoms. The Morgan fingerprint density at radius 1 is 0.826 bits per heavy atom. The Kier molecular flexibility index (Phi) is 27.6. The van der Waals surface area contributed by atoms with Crippen molar-refractivity contribution in [1.82, 2.24) is 10.6 Å². The standard InChI is InChI=1S/C6H14N2O.C4H8F2.2C4H10/c1-5(2)4-8-6(9)7-3;1-3(2)4(5)6;2*1-4(2)3/h5H,4H2,1-3H3,(H2,7,8,9);3-4H,1-2H3;2*4H,1-3H3. The highest BCUT2D eigenvalue weighted by atomic mass is 19.3. The molecule has 2 amide bonds. The highest BCUT2D eigenvalue weighted by molar-refractivity contribution is 5.73. The van der Waals surface area contributed by atoms with E-state index in [1.807, 2.05) is 0 Å². The molecule has 0 heterocycles. The Hall–Kier alpha value is -0.870. The third-order valence-corrected chi connectivity index (χ3v) is 1.40. The normalized spacial score (nSPS) is 9.65. The molecule has 0 aromatic carbocycles. The van der Waals surface area contributed by atoms with Crippen LogP contribution in [0.4, 0.5) is 13.6 Å². The number of carbonyl (C=O) groups excluding carboxylic acids is 1. The van der Waals surface area contributed by atoms with Crippen molar-refractivity contribution >= 4 is 6.03 Å². The minimum atomic E-state index is -2.15. The van der Waals surface area contributed by atoms with E-state index in [0.29, 0.717) is 5.92 Å². The lowest BCUT2D eigenvalue weighted by Gasteiger charge is -2.05. The summed E-state index contributed by atoms with van der Waals surface area (Å²) in [5.74, 6) is 1.70. The molecule has 0 aliphatic rings. The second kappa shape index (κ2) is 21.1. The molecular formula is C18H42F2N2O. The highest BCUT2D eigenvalue weighted by Crippen LogP contribution is 2.04. The van der Waals surface area contributed by atoms with Crippen LogP contribution < -0.4 is 10.6 Å². The number of hydrogen-bond acceptors (Lipinski definition) is 1. The third-order valence-electron chi connectivity index (χ3n) is 1.40. The van der Waals surface area contributed by atoms with Crippen molar-refractivity contribution in [1.29, 1.82) is 0 Å². The van der Waals surface area contributed by atoms with E-state index in [1.54, 1.807) is 7.05 Å². The lowest BCUT2D eigenvalue weighted by Crippen LogP contribution is -2.34. The fourth-order valence-corrected chi connectivity index (χ4v) is 0.385. The van der Waals surface area contributed by atoms with E-state index < -0.39 is 12.3 Å². The number of rotatable bonds is 3. The van der Waals surface area contributed by atoms with Crippen LogP contribution >= 0.6 is 0 Å². The lowest BCUT2D eigenvalue weighted by molar-refractivity contribution is 0.0955. The zero-order valence-electron chi connectivity index (χ0n) is 17.3. The molecular weight excluding hydrogens is 298 g/mol. The van der Waals surface area contributed by atoms with Gasteiger partial charge in [0.1, 0.15) is 0 Å². The van der Waals surface area contributed by atoms with Gasteiger partial charge in [-0.25, -0.2) is 13.6 Å². The zero-order valence-corrected chi connectivity index (χ0v) is 17.3. The number of alkyl halides is 2. The van der Waals surface area contributed by atoms with Gasteiger partial charge in [-0.05, 0) is 17.8 Å². The zero-order chi connectivity index (χ0) is 19.6. The molecule has 0 saturated heterocycles. The molecule has 0 atom stereocenters. The summed E-state index contributed by atoms with van der Waals surface area (Å²) in [7, 11) is 1.61. The Balaban J connectivity index is -0.000000112. The first kappa shape index (κ1) is 30.1. The largest absolute Gasteiger partial charge is 0.341 e. The average molecular weight is 341 g/mol. The van der Waals surface area contributed by atoms with Gasteiger partial charge in [0.2, 0.25) is 6.43 Å². The lowest BCUT2D eigenvalue weighted by atomic mass is 10.2. The Morgan fingerprint density at radius 3 is 1.22 bits per heavy atom. The van der Waals surface area contributed by atoms with E-state index >= 15 is 0 Å². The number of amides is 2. The molecule has 0 fully saturated rings. The average Bonchev–Trinajstić information content (AvgIpc) is 2.35. The van der Waals surface area contributed by atoms with Crippen molar-refractivity contribution < 1.29 is 13.6 Å². The number of urea groups is 1. The van der Waals surface area contributed by atoms with Crippen molar-refractivity contribution in [3.8, 4) is 0 Å². The topological polar surface area (TPSA) is 41.1 Å². The molecule has 0 radical (unpaired) electrons. The Labute approximate surface area is 144 Å². The van der Waals surface area contributed by atoms with Crippen LogP contribution in [0.5, 0.6) is 0 Å². The van der Waals surface area contributed by atoms with Crippen molar-refractivity contribution in [3.05, 3.63) is 0 Å². The first-order valence-corrected chi connectivity index (χ1v) is 8.51. The van der Waals surface area contributed by atoms with E-state index in [1.165, 1.54) is 13.8 Å². The second-order valence-electron chi connectivity index (χ2n) is 7.40. The van der Waals surface area contributed by atoms with Gasteiger partial charge in [0, 0.05) is 19.5 Å². The monoisotopic (exact) mass is 340 g/mol. The van der Waals surface area contributed by atoms with Gasteiger partial charge >= 0.3 is 6.03 Å². The van der Waals surface area contributed by atoms with Crippen molar-refractivity contribution in [2.45, 2.75) is 75.7 Å². The summed E-state index contributed by atoms with van der Waals surface area (Å²) in [4.78, 5) is 10.5. The summed E-state index contributed by atoms with van der Waals surface area (Å²) in [6.45, 7) is 20.8. The molecule has 0 rings (SSSR count). The maximum absolute atomic E-state index is 11.2. The number of halogens is 2. The fraction of sp³-hybridized carbons (Fsp3) is 0.944.